The Morgan fingerprint density at radius 2 is 2.31 bits per heavy atom. The van der Waals surface area contributed by atoms with Crippen LogP contribution in [-0.2, 0) is 10.5 Å². The van der Waals surface area contributed by atoms with E-state index < -0.39 is 5.97 Å². The van der Waals surface area contributed by atoms with E-state index in [9.17, 15) is 4.79 Å². The van der Waals surface area contributed by atoms with Crippen LogP contribution in [0.2, 0.25) is 5.02 Å². The molecular formula is C9H9ClO2S. The van der Waals surface area contributed by atoms with Gasteiger partial charge in [0, 0.05) is 5.75 Å². The first kappa shape index (κ1) is 10.4. The number of esters is 1. The molecule has 70 valence electrons. The van der Waals surface area contributed by atoms with Crippen LogP contribution in [0.1, 0.15) is 15.9 Å². The third-order valence-electron chi connectivity index (χ3n) is 1.62. The molecule has 1 aromatic rings. The number of rotatable bonds is 2. The van der Waals surface area contributed by atoms with E-state index in [1.807, 2.05) is 0 Å². The number of hydrogen-bond donors (Lipinski definition) is 1. The van der Waals surface area contributed by atoms with Crippen molar-refractivity contribution in [2.45, 2.75) is 5.75 Å². The zero-order valence-electron chi connectivity index (χ0n) is 7.08. The quantitative estimate of drug-likeness (QED) is 0.608. The molecule has 0 radical (unpaired) electrons. The van der Waals surface area contributed by atoms with Crippen LogP contribution in [-0.4, -0.2) is 13.1 Å². The maximum Gasteiger partial charge on any atom is 0.339 e. The summed E-state index contributed by atoms with van der Waals surface area (Å²) in [6, 6.07) is 5.14. The van der Waals surface area contributed by atoms with Gasteiger partial charge in [-0.05, 0) is 17.7 Å². The molecule has 0 amide bonds. The standard InChI is InChI=1S/C9H9ClO2S/c1-12-9(11)7-3-2-6(5-13)4-8(7)10/h2-4,13H,5H2,1H3. The number of carbonyl (C=O) groups excluding carboxylic acids is 1. The Labute approximate surface area is 87.3 Å². The van der Waals surface area contributed by atoms with Crippen LogP contribution in [0.3, 0.4) is 0 Å². The van der Waals surface area contributed by atoms with Gasteiger partial charge in [0.2, 0.25) is 0 Å². The van der Waals surface area contributed by atoms with Crippen LogP contribution in [0, 0.1) is 0 Å². The molecule has 2 nitrogen and oxygen atoms in total. The average molecular weight is 217 g/mol. The number of ether oxygens (including phenoxy) is 1. The van der Waals surface area contributed by atoms with Crippen LogP contribution in [0.15, 0.2) is 18.2 Å². The predicted molar refractivity (Wildman–Crippen MR) is 55.5 cm³/mol. The third-order valence-corrected chi connectivity index (χ3v) is 2.30. The second-order valence-corrected chi connectivity index (χ2v) is 3.19. The second kappa shape index (κ2) is 4.53. The SMILES string of the molecule is COC(=O)c1ccc(CS)cc1Cl. The first-order chi connectivity index (χ1) is 6.19. The maximum absolute atomic E-state index is 11.1. The molecule has 0 aliphatic carbocycles. The summed E-state index contributed by atoms with van der Waals surface area (Å²) in [6.07, 6.45) is 0. The zero-order chi connectivity index (χ0) is 9.84. The van der Waals surface area contributed by atoms with Gasteiger partial charge in [-0.25, -0.2) is 4.79 Å². The molecule has 0 saturated carbocycles. The fraction of sp³-hybridized carbons (Fsp3) is 0.222. The first-order valence-corrected chi connectivity index (χ1v) is 4.67. The molecule has 0 heterocycles. The van der Waals surface area contributed by atoms with E-state index in [4.69, 9.17) is 11.6 Å². The number of benzene rings is 1. The van der Waals surface area contributed by atoms with Gasteiger partial charge in [-0.3, -0.25) is 0 Å². The molecule has 1 aromatic carbocycles. The minimum Gasteiger partial charge on any atom is -0.465 e. The molecule has 0 spiro atoms. The number of methoxy groups -OCH3 is 1. The van der Waals surface area contributed by atoms with Crippen LogP contribution >= 0.6 is 24.2 Å². The van der Waals surface area contributed by atoms with E-state index in [0.29, 0.717) is 16.3 Å². The van der Waals surface area contributed by atoms with Crippen molar-refractivity contribution in [2.75, 3.05) is 7.11 Å². The Morgan fingerprint density at radius 1 is 1.62 bits per heavy atom. The summed E-state index contributed by atoms with van der Waals surface area (Å²) in [5.41, 5.74) is 1.36. The highest BCUT2D eigenvalue weighted by atomic mass is 35.5. The maximum atomic E-state index is 11.1. The monoisotopic (exact) mass is 216 g/mol. The van der Waals surface area contributed by atoms with Gasteiger partial charge in [-0.15, -0.1) is 0 Å². The smallest absolute Gasteiger partial charge is 0.339 e. The van der Waals surface area contributed by atoms with E-state index in [2.05, 4.69) is 17.4 Å². The molecule has 0 fully saturated rings. The van der Waals surface area contributed by atoms with Crippen LogP contribution in [0.5, 0.6) is 0 Å². The number of halogens is 1. The van der Waals surface area contributed by atoms with Gasteiger partial charge in [-0.2, -0.15) is 12.6 Å². The lowest BCUT2D eigenvalue weighted by molar-refractivity contribution is 0.0601. The lowest BCUT2D eigenvalue weighted by Gasteiger charge is -2.03. The Morgan fingerprint density at radius 3 is 2.77 bits per heavy atom. The minimum absolute atomic E-state index is 0.384. The molecule has 0 N–H and O–H groups in total. The molecule has 1 rings (SSSR count). The van der Waals surface area contributed by atoms with E-state index in [0.717, 1.165) is 5.56 Å². The molecular weight excluding hydrogens is 208 g/mol. The fourth-order valence-electron chi connectivity index (χ4n) is 0.932. The normalized spacial score (nSPS) is 9.77. The fourth-order valence-corrected chi connectivity index (χ4v) is 1.41. The molecule has 4 heteroatoms. The largest absolute Gasteiger partial charge is 0.465 e. The third kappa shape index (κ3) is 2.39. The number of carbonyl (C=O) groups is 1. The first-order valence-electron chi connectivity index (χ1n) is 3.66. The van der Waals surface area contributed by atoms with Crippen LogP contribution in [0.25, 0.3) is 0 Å². The topological polar surface area (TPSA) is 26.3 Å². The highest BCUT2D eigenvalue weighted by Crippen LogP contribution is 2.19. The van der Waals surface area contributed by atoms with Gasteiger partial charge < -0.3 is 4.74 Å². The van der Waals surface area contributed by atoms with E-state index in [-0.39, 0.29) is 0 Å². The number of hydrogen-bond acceptors (Lipinski definition) is 3. The highest BCUT2D eigenvalue weighted by Gasteiger charge is 2.09. The van der Waals surface area contributed by atoms with E-state index in [1.165, 1.54) is 7.11 Å². The molecule has 0 unspecified atom stereocenters. The van der Waals surface area contributed by atoms with Gasteiger partial charge >= 0.3 is 5.97 Å². The lowest BCUT2D eigenvalue weighted by Crippen LogP contribution is -2.02. The summed E-state index contributed by atoms with van der Waals surface area (Å²) in [6.45, 7) is 0. The Kier molecular flexibility index (Phi) is 3.63. The van der Waals surface area contributed by atoms with Crippen molar-refractivity contribution >= 4 is 30.2 Å². The lowest BCUT2D eigenvalue weighted by atomic mass is 10.1. The summed E-state index contributed by atoms with van der Waals surface area (Å²) < 4.78 is 4.55. The van der Waals surface area contributed by atoms with Crippen molar-refractivity contribution < 1.29 is 9.53 Å². The number of thiol groups is 1. The van der Waals surface area contributed by atoms with Crippen molar-refractivity contribution in [3.63, 3.8) is 0 Å². The summed E-state index contributed by atoms with van der Waals surface area (Å²) in [4.78, 5) is 11.1. The van der Waals surface area contributed by atoms with Gasteiger partial charge in [0.1, 0.15) is 0 Å². The summed E-state index contributed by atoms with van der Waals surface area (Å²) in [5, 5.41) is 0.401. The Balaban J connectivity index is 3.05. The Hall–Kier alpha value is -0.670. The minimum atomic E-state index is -0.421. The van der Waals surface area contributed by atoms with Gasteiger partial charge in [0.15, 0.2) is 0 Å². The second-order valence-electron chi connectivity index (χ2n) is 2.46. The van der Waals surface area contributed by atoms with Crippen LogP contribution < -0.4 is 0 Å². The van der Waals surface area contributed by atoms with Gasteiger partial charge in [-0.1, -0.05) is 17.7 Å². The van der Waals surface area contributed by atoms with Crippen molar-refractivity contribution in [3.8, 4) is 0 Å². The van der Waals surface area contributed by atoms with Crippen molar-refractivity contribution in [3.05, 3.63) is 34.3 Å². The van der Waals surface area contributed by atoms with Gasteiger partial charge in [0.25, 0.3) is 0 Å². The average Bonchev–Trinajstić information content (AvgIpc) is 2.16. The van der Waals surface area contributed by atoms with Crippen molar-refractivity contribution in [1.29, 1.82) is 0 Å². The molecule has 0 bridgehead atoms. The molecule has 0 saturated heterocycles. The van der Waals surface area contributed by atoms with Crippen molar-refractivity contribution in [2.24, 2.45) is 0 Å². The van der Waals surface area contributed by atoms with Crippen molar-refractivity contribution in [1.82, 2.24) is 0 Å². The van der Waals surface area contributed by atoms with E-state index >= 15 is 0 Å². The summed E-state index contributed by atoms with van der Waals surface area (Å²) in [5.74, 6) is 0.178. The summed E-state index contributed by atoms with van der Waals surface area (Å²) >= 11 is 9.94. The Bertz CT molecular complexity index is 325. The highest BCUT2D eigenvalue weighted by molar-refractivity contribution is 7.79. The van der Waals surface area contributed by atoms with Gasteiger partial charge in [0.05, 0.1) is 17.7 Å². The predicted octanol–water partition coefficient (Wildman–Crippen LogP) is 2.56. The molecule has 13 heavy (non-hydrogen) atoms. The van der Waals surface area contributed by atoms with Crippen LogP contribution in [0.4, 0.5) is 0 Å². The summed E-state index contributed by atoms with van der Waals surface area (Å²) in [7, 11) is 1.32. The molecule has 0 atom stereocenters. The molecule has 0 aromatic heterocycles. The van der Waals surface area contributed by atoms with E-state index in [1.54, 1.807) is 18.2 Å². The zero-order valence-corrected chi connectivity index (χ0v) is 8.73. The molecule has 0 aliphatic heterocycles. The molecule has 0 aliphatic rings.